The Labute approximate surface area is 137 Å². The van der Waals surface area contributed by atoms with Crippen molar-refractivity contribution in [3.63, 3.8) is 0 Å². The van der Waals surface area contributed by atoms with Gasteiger partial charge in [-0.2, -0.15) is 11.8 Å². The SMILES string of the molecule is COC[C@H](NC(=O)[C@@H](CSC)NC(=O)c1cc(C)on1)C(=O)O. The van der Waals surface area contributed by atoms with E-state index in [4.69, 9.17) is 14.4 Å². The molecule has 1 aromatic rings. The highest BCUT2D eigenvalue weighted by atomic mass is 32.2. The van der Waals surface area contributed by atoms with E-state index in [1.165, 1.54) is 24.9 Å². The van der Waals surface area contributed by atoms with Crippen molar-refractivity contribution in [2.75, 3.05) is 25.7 Å². The van der Waals surface area contributed by atoms with Gasteiger partial charge in [-0.15, -0.1) is 0 Å². The fraction of sp³-hybridized carbons (Fsp3) is 0.538. The predicted molar refractivity (Wildman–Crippen MR) is 82.3 cm³/mol. The second kappa shape index (κ2) is 9.16. The monoisotopic (exact) mass is 345 g/mol. The number of nitrogens with zero attached hydrogens (tertiary/aromatic N) is 1. The molecular weight excluding hydrogens is 326 g/mol. The molecule has 1 aromatic heterocycles. The molecule has 1 rings (SSSR count). The smallest absolute Gasteiger partial charge is 0.328 e. The number of carbonyl (C=O) groups is 3. The summed E-state index contributed by atoms with van der Waals surface area (Å²) in [5, 5.41) is 17.4. The van der Waals surface area contributed by atoms with Crippen LogP contribution in [0.4, 0.5) is 0 Å². The average molecular weight is 345 g/mol. The molecule has 0 aliphatic heterocycles. The number of hydrogen-bond donors (Lipinski definition) is 3. The van der Waals surface area contributed by atoms with Crippen molar-refractivity contribution in [1.82, 2.24) is 15.8 Å². The predicted octanol–water partition coefficient (Wildman–Crippen LogP) is -0.340. The molecule has 23 heavy (non-hydrogen) atoms. The molecule has 0 saturated heterocycles. The summed E-state index contributed by atoms with van der Waals surface area (Å²) in [7, 11) is 1.33. The van der Waals surface area contributed by atoms with Crippen LogP contribution >= 0.6 is 11.8 Å². The topological polar surface area (TPSA) is 131 Å². The maximum Gasteiger partial charge on any atom is 0.328 e. The van der Waals surface area contributed by atoms with Crippen LogP contribution in [0.1, 0.15) is 16.2 Å². The van der Waals surface area contributed by atoms with E-state index in [1.54, 1.807) is 13.2 Å². The number of aryl methyl sites for hydroxylation is 1. The van der Waals surface area contributed by atoms with Gasteiger partial charge in [-0.05, 0) is 13.2 Å². The number of methoxy groups -OCH3 is 1. The number of carbonyl (C=O) groups excluding carboxylic acids is 2. The summed E-state index contributed by atoms with van der Waals surface area (Å²) in [6, 6.07) is -0.662. The summed E-state index contributed by atoms with van der Waals surface area (Å²) in [5.41, 5.74) is 0.0491. The zero-order valence-electron chi connectivity index (χ0n) is 13.0. The number of rotatable bonds is 9. The van der Waals surface area contributed by atoms with Gasteiger partial charge >= 0.3 is 5.97 Å². The molecule has 2 amide bonds. The van der Waals surface area contributed by atoms with Gasteiger partial charge in [0.2, 0.25) is 5.91 Å². The Morgan fingerprint density at radius 3 is 2.57 bits per heavy atom. The van der Waals surface area contributed by atoms with E-state index in [0.29, 0.717) is 5.76 Å². The van der Waals surface area contributed by atoms with Gasteiger partial charge in [0.05, 0.1) is 6.61 Å². The van der Waals surface area contributed by atoms with Crippen molar-refractivity contribution in [3.05, 3.63) is 17.5 Å². The zero-order chi connectivity index (χ0) is 17.4. The first-order valence-corrected chi connectivity index (χ1v) is 8.03. The largest absolute Gasteiger partial charge is 0.480 e. The van der Waals surface area contributed by atoms with Crippen molar-refractivity contribution in [2.45, 2.75) is 19.0 Å². The van der Waals surface area contributed by atoms with Crippen LogP contribution < -0.4 is 10.6 Å². The zero-order valence-corrected chi connectivity index (χ0v) is 13.8. The number of aliphatic carboxylic acids is 1. The first-order valence-electron chi connectivity index (χ1n) is 6.64. The summed E-state index contributed by atoms with van der Waals surface area (Å²) in [6.45, 7) is 1.46. The van der Waals surface area contributed by atoms with E-state index in [1.807, 2.05) is 0 Å². The third-order valence-corrected chi connectivity index (χ3v) is 3.43. The Kier molecular flexibility index (Phi) is 7.55. The summed E-state index contributed by atoms with van der Waals surface area (Å²) >= 11 is 1.33. The van der Waals surface area contributed by atoms with Crippen LogP contribution in [-0.2, 0) is 14.3 Å². The molecule has 0 aliphatic carbocycles. The molecule has 10 heteroatoms. The lowest BCUT2D eigenvalue weighted by Gasteiger charge is -2.20. The summed E-state index contributed by atoms with van der Waals surface area (Å²) in [5.74, 6) is -1.67. The van der Waals surface area contributed by atoms with Crippen molar-refractivity contribution in [3.8, 4) is 0 Å². The van der Waals surface area contributed by atoms with E-state index in [9.17, 15) is 14.4 Å². The maximum atomic E-state index is 12.2. The van der Waals surface area contributed by atoms with Gasteiger partial charge in [0.15, 0.2) is 11.7 Å². The molecule has 0 aromatic carbocycles. The number of thioether (sulfide) groups is 1. The van der Waals surface area contributed by atoms with Gasteiger partial charge in [0.1, 0.15) is 11.8 Å². The van der Waals surface area contributed by atoms with Gasteiger partial charge in [0, 0.05) is 18.9 Å². The number of aromatic nitrogens is 1. The third kappa shape index (κ3) is 5.91. The Morgan fingerprint density at radius 2 is 2.09 bits per heavy atom. The number of nitrogens with one attached hydrogen (secondary N) is 2. The molecule has 0 bridgehead atoms. The van der Waals surface area contributed by atoms with Gasteiger partial charge in [-0.25, -0.2) is 4.79 Å². The second-order valence-corrected chi connectivity index (χ2v) is 5.57. The second-order valence-electron chi connectivity index (χ2n) is 4.66. The first kappa shape index (κ1) is 19.0. The van der Waals surface area contributed by atoms with E-state index in [-0.39, 0.29) is 18.1 Å². The minimum atomic E-state index is -1.22. The first-order chi connectivity index (χ1) is 10.9. The van der Waals surface area contributed by atoms with E-state index >= 15 is 0 Å². The number of hydrogen-bond acceptors (Lipinski definition) is 7. The van der Waals surface area contributed by atoms with Crippen LogP contribution in [0.3, 0.4) is 0 Å². The quantitative estimate of drug-likeness (QED) is 0.554. The fourth-order valence-corrected chi connectivity index (χ4v) is 2.24. The number of carboxylic acids is 1. The molecule has 0 fully saturated rings. The normalized spacial score (nSPS) is 13.2. The molecule has 0 aliphatic rings. The minimum absolute atomic E-state index is 0.0491. The summed E-state index contributed by atoms with van der Waals surface area (Å²) < 4.78 is 9.55. The highest BCUT2D eigenvalue weighted by Gasteiger charge is 2.27. The molecule has 1 heterocycles. The Balaban J connectivity index is 2.74. The maximum absolute atomic E-state index is 12.2. The molecule has 128 valence electrons. The Hall–Kier alpha value is -2.07. The lowest BCUT2D eigenvalue weighted by molar-refractivity contribution is -0.143. The minimum Gasteiger partial charge on any atom is -0.480 e. The molecule has 2 atom stereocenters. The summed E-state index contributed by atoms with van der Waals surface area (Å²) in [6.07, 6.45) is 1.76. The lowest BCUT2D eigenvalue weighted by atomic mass is 10.2. The van der Waals surface area contributed by atoms with Crippen LogP contribution in [0.15, 0.2) is 10.6 Å². The fourth-order valence-electron chi connectivity index (χ4n) is 1.67. The molecule has 0 spiro atoms. The molecule has 0 saturated carbocycles. The number of ether oxygens (including phenoxy) is 1. The molecule has 9 nitrogen and oxygen atoms in total. The number of carboxylic acid groups (broad SMARTS) is 1. The van der Waals surface area contributed by atoms with Crippen molar-refractivity contribution >= 4 is 29.5 Å². The molecule has 0 unspecified atom stereocenters. The highest BCUT2D eigenvalue weighted by molar-refractivity contribution is 7.98. The molecular formula is C13H19N3O6S. The standard InChI is InChI=1S/C13H19N3O6S/c1-7-4-8(16-22-7)11(17)15-10(6-23-3)12(18)14-9(5-21-2)13(19)20/h4,9-10H,5-6H2,1-3H3,(H,14,18)(H,15,17)(H,19,20)/t9-,10+/m0/s1. The van der Waals surface area contributed by atoms with Crippen LogP contribution in [0.5, 0.6) is 0 Å². The summed E-state index contributed by atoms with van der Waals surface area (Å²) in [4.78, 5) is 35.3. The Morgan fingerprint density at radius 1 is 1.39 bits per heavy atom. The third-order valence-electron chi connectivity index (χ3n) is 2.76. The van der Waals surface area contributed by atoms with Gasteiger partial charge in [-0.3, -0.25) is 9.59 Å². The van der Waals surface area contributed by atoms with Gasteiger partial charge < -0.3 is 25.0 Å². The van der Waals surface area contributed by atoms with Crippen LogP contribution in [0, 0.1) is 6.92 Å². The van der Waals surface area contributed by atoms with Crippen LogP contribution in [0.25, 0.3) is 0 Å². The van der Waals surface area contributed by atoms with E-state index < -0.39 is 29.9 Å². The van der Waals surface area contributed by atoms with Gasteiger partial charge in [0.25, 0.3) is 5.91 Å². The Bertz CT molecular complexity index is 562. The van der Waals surface area contributed by atoms with Crippen LogP contribution in [0.2, 0.25) is 0 Å². The molecule has 3 N–H and O–H groups in total. The molecule has 0 radical (unpaired) electrons. The lowest BCUT2D eigenvalue weighted by Crippen LogP contribution is -2.53. The number of amides is 2. The van der Waals surface area contributed by atoms with Gasteiger partial charge in [-0.1, -0.05) is 5.16 Å². The van der Waals surface area contributed by atoms with Crippen molar-refractivity contribution < 1.29 is 28.8 Å². The van der Waals surface area contributed by atoms with E-state index in [0.717, 1.165) is 0 Å². The van der Waals surface area contributed by atoms with Crippen molar-refractivity contribution in [2.24, 2.45) is 0 Å². The highest BCUT2D eigenvalue weighted by Crippen LogP contribution is 2.04. The van der Waals surface area contributed by atoms with Crippen LogP contribution in [-0.4, -0.2) is 65.9 Å². The van der Waals surface area contributed by atoms with E-state index in [2.05, 4.69) is 15.8 Å². The van der Waals surface area contributed by atoms with Crippen molar-refractivity contribution in [1.29, 1.82) is 0 Å². The average Bonchev–Trinajstić information content (AvgIpc) is 2.92.